The van der Waals surface area contributed by atoms with Gasteiger partial charge in [-0.05, 0) is 5.39 Å². The molecule has 17 heavy (non-hydrogen) atoms. The van der Waals surface area contributed by atoms with Gasteiger partial charge in [-0.1, -0.05) is 24.3 Å². The molecule has 84 valence electrons. The Kier molecular flexibility index (Phi) is 2.31. The van der Waals surface area contributed by atoms with Crippen molar-refractivity contribution in [3.63, 3.8) is 0 Å². The summed E-state index contributed by atoms with van der Waals surface area (Å²) in [5, 5.41) is 18.6. The van der Waals surface area contributed by atoms with E-state index in [1.165, 1.54) is 6.33 Å². The number of rotatable bonds is 2. The fourth-order valence-corrected chi connectivity index (χ4v) is 1.85. The van der Waals surface area contributed by atoms with E-state index in [4.69, 9.17) is 0 Å². The predicted octanol–water partition coefficient (Wildman–Crippen LogP) is 1.43. The number of nitrogens with one attached hydrogen (secondary N) is 1. The molecule has 0 amide bonds. The van der Waals surface area contributed by atoms with E-state index in [0.717, 1.165) is 16.3 Å². The first kappa shape index (κ1) is 9.92. The average Bonchev–Trinajstić information content (AvgIpc) is 2.91. The summed E-state index contributed by atoms with van der Waals surface area (Å²) in [5.41, 5.74) is 0.722. The Morgan fingerprint density at radius 3 is 2.88 bits per heavy atom. The van der Waals surface area contributed by atoms with Crippen molar-refractivity contribution in [3.8, 4) is 0 Å². The average molecular weight is 226 g/mol. The zero-order valence-corrected chi connectivity index (χ0v) is 8.91. The molecule has 2 aromatic heterocycles. The molecule has 0 aliphatic heterocycles. The molecule has 0 saturated heterocycles. The number of hydrogen-bond donors (Lipinski definition) is 2. The summed E-state index contributed by atoms with van der Waals surface area (Å²) in [4.78, 5) is 8.08. The number of aliphatic hydroxyl groups is 1. The summed E-state index contributed by atoms with van der Waals surface area (Å²) in [5.74, 6) is 0.420. The number of aromatic nitrogens is 4. The number of fused-ring (bicyclic) bond motifs is 1. The molecule has 0 aliphatic rings. The van der Waals surface area contributed by atoms with Crippen molar-refractivity contribution in [2.45, 2.75) is 6.10 Å². The minimum atomic E-state index is -0.837. The Morgan fingerprint density at radius 2 is 2.06 bits per heavy atom. The van der Waals surface area contributed by atoms with Gasteiger partial charge in [-0.25, -0.2) is 4.98 Å². The van der Waals surface area contributed by atoms with Gasteiger partial charge in [0.2, 0.25) is 0 Å². The van der Waals surface area contributed by atoms with Gasteiger partial charge >= 0.3 is 0 Å². The number of hydrogen-bond acceptors (Lipinski definition) is 4. The van der Waals surface area contributed by atoms with Gasteiger partial charge in [0, 0.05) is 23.3 Å². The predicted molar refractivity (Wildman–Crippen MR) is 62.2 cm³/mol. The fraction of sp³-hybridized carbons (Fsp3) is 0.0833. The monoisotopic (exact) mass is 226 g/mol. The summed E-state index contributed by atoms with van der Waals surface area (Å²) in [6.07, 6.45) is 3.95. The van der Waals surface area contributed by atoms with Crippen molar-refractivity contribution in [2.75, 3.05) is 0 Å². The van der Waals surface area contributed by atoms with E-state index in [1.54, 1.807) is 12.4 Å². The van der Waals surface area contributed by atoms with Crippen LogP contribution in [0.2, 0.25) is 0 Å². The van der Waals surface area contributed by atoms with Crippen LogP contribution < -0.4 is 0 Å². The maximum Gasteiger partial charge on any atom is 0.157 e. The highest BCUT2D eigenvalue weighted by Gasteiger charge is 2.16. The van der Waals surface area contributed by atoms with E-state index < -0.39 is 6.10 Å². The zero-order chi connectivity index (χ0) is 11.7. The highest BCUT2D eigenvalue weighted by molar-refractivity contribution is 5.85. The van der Waals surface area contributed by atoms with Gasteiger partial charge in [0.05, 0.1) is 0 Å². The van der Waals surface area contributed by atoms with Crippen molar-refractivity contribution in [3.05, 3.63) is 54.4 Å². The van der Waals surface area contributed by atoms with Crippen molar-refractivity contribution < 1.29 is 5.11 Å². The first-order valence-electron chi connectivity index (χ1n) is 5.22. The Balaban J connectivity index is 2.17. The lowest BCUT2D eigenvalue weighted by molar-refractivity contribution is 0.211. The second-order valence-electron chi connectivity index (χ2n) is 3.72. The first-order valence-corrected chi connectivity index (χ1v) is 5.22. The second kappa shape index (κ2) is 3.95. The molecule has 2 heterocycles. The molecule has 3 rings (SSSR count). The smallest absolute Gasteiger partial charge is 0.157 e. The number of H-pyrrole nitrogens is 1. The summed E-state index contributed by atoms with van der Waals surface area (Å²) in [7, 11) is 0. The van der Waals surface area contributed by atoms with Crippen LogP contribution >= 0.6 is 0 Å². The molecular weight excluding hydrogens is 216 g/mol. The summed E-state index contributed by atoms with van der Waals surface area (Å²) in [6, 6.07) is 7.78. The van der Waals surface area contributed by atoms with Gasteiger partial charge in [-0.3, -0.25) is 10.1 Å². The summed E-state index contributed by atoms with van der Waals surface area (Å²) >= 11 is 0. The highest BCUT2D eigenvalue weighted by atomic mass is 16.3. The highest BCUT2D eigenvalue weighted by Crippen LogP contribution is 2.25. The molecule has 0 aliphatic carbocycles. The number of pyridine rings is 1. The van der Waals surface area contributed by atoms with Crippen LogP contribution in [-0.4, -0.2) is 25.3 Å². The third-order valence-electron chi connectivity index (χ3n) is 2.69. The maximum absolute atomic E-state index is 10.2. The van der Waals surface area contributed by atoms with E-state index in [2.05, 4.69) is 20.2 Å². The molecule has 1 atom stereocenters. The van der Waals surface area contributed by atoms with Crippen LogP contribution in [0, 0.1) is 0 Å². The third kappa shape index (κ3) is 1.66. The molecule has 0 bridgehead atoms. The Morgan fingerprint density at radius 1 is 1.18 bits per heavy atom. The third-order valence-corrected chi connectivity index (χ3v) is 2.69. The van der Waals surface area contributed by atoms with Crippen LogP contribution in [0.5, 0.6) is 0 Å². The van der Waals surface area contributed by atoms with Gasteiger partial charge in [0.1, 0.15) is 12.4 Å². The van der Waals surface area contributed by atoms with E-state index in [0.29, 0.717) is 5.82 Å². The fourth-order valence-electron chi connectivity index (χ4n) is 1.85. The topological polar surface area (TPSA) is 74.7 Å². The van der Waals surface area contributed by atoms with Crippen molar-refractivity contribution in [1.82, 2.24) is 20.2 Å². The molecule has 1 unspecified atom stereocenters. The molecule has 0 radical (unpaired) electrons. The van der Waals surface area contributed by atoms with Crippen LogP contribution in [0.4, 0.5) is 0 Å². The summed E-state index contributed by atoms with van der Waals surface area (Å²) < 4.78 is 0. The van der Waals surface area contributed by atoms with Crippen LogP contribution in [0.15, 0.2) is 43.0 Å². The molecular formula is C12H10N4O. The lowest BCUT2D eigenvalue weighted by Gasteiger charge is -2.10. The minimum absolute atomic E-state index is 0.420. The molecule has 2 N–H and O–H groups in total. The molecule has 0 fully saturated rings. The largest absolute Gasteiger partial charge is 0.380 e. The van der Waals surface area contributed by atoms with Crippen molar-refractivity contribution >= 4 is 10.8 Å². The van der Waals surface area contributed by atoms with E-state index >= 15 is 0 Å². The minimum Gasteiger partial charge on any atom is -0.380 e. The van der Waals surface area contributed by atoms with Gasteiger partial charge in [0.25, 0.3) is 0 Å². The quantitative estimate of drug-likeness (QED) is 0.693. The van der Waals surface area contributed by atoms with Crippen molar-refractivity contribution in [2.24, 2.45) is 0 Å². The SMILES string of the molecule is OC(c1ncn[nH]1)c1cncc2ccccc12. The van der Waals surface area contributed by atoms with Gasteiger partial charge in [-0.2, -0.15) is 5.10 Å². The summed E-state index contributed by atoms with van der Waals surface area (Å²) in [6.45, 7) is 0. The Labute approximate surface area is 97.2 Å². The van der Waals surface area contributed by atoms with Crippen LogP contribution in [0.25, 0.3) is 10.8 Å². The van der Waals surface area contributed by atoms with Crippen LogP contribution in [0.3, 0.4) is 0 Å². The Bertz CT molecular complexity index is 631. The number of benzene rings is 1. The van der Waals surface area contributed by atoms with Crippen LogP contribution in [0.1, 0.15) is 17.5 Å². The Hall–Kier alpha value is -2.27. The van der Waals surface area contributed by atoms with Crippen LogP contribution in [-0.2, 0) is 0 Å². The van der Waals surface area contributed by atoms with Gasteiger partial charge in [0.15, 0.2) is 5.82 Å². The maximum atomic E-state index is 10.2. The lowest BCUT2D eigenvalue weighted by Crippen LogP contribution is -2.03. The molecule has 5 heteroatoms. The van der Waals surface area contributed by atoms with E-state index in [-0.39, 0.29) is 0 Å². The molecule has 0 saturated carbocycles. The van der Waals surface area contributed by atoms with E-state index in [1.807, 2.05) is 24.3 Å². The first-order chi connectivity index (χ1) is 8.36. The number of aliphatic hydroxyl groups excluding tert-OH is 1. The normalized spacial score (nSPS) is 12.8. The standard InChI is InChI=1S/C12H10N4O/c17-11(12-14-7-15-16-12)10-6-13-5-8-3-1-2-4-9(8)10/h1-7,11,17H,(H,14,15,16). The second-order valence-corrected chi connectivity index (χ2v) is 3.72. The molecule has 0 spiro atoms. The zero-order valence-electron chi connectivity index (χ0n) is 8.91. The van der Waals surface area contributed by atoms with Gasteiger partial charge < -0.3 is 5.11 Å². The number of nitrogens with zero attached hydrogens (tertiary/aromatic N) is 3. The van der Waals surface area contributed by atoms with Crippen molar-refractivity contribution in [1.29, 1.82) is 0 Å². The van der Waals surface area contributed by atoms with Gasteiger partial charge in [-0.15, -0.1) is 0 Å². The lowest BCUT2D eigenvalue weighted by atomic mass is 10.0. The molecule has 3 aromatic rings. The number of aromatic amines is 1. The molecule has 1 aromatic carbocycles. The van der Waals surface area contributed by atoms with E-state index in [9.17, 15) is 5.11 Å². The molecule has 5 nitrogen and oxygen atoms in total.